The van der Waals surface area contributed by atoms with Gasteiger partial charge in [-0.05, 0) is 124 Å². The maximum atomic E-state index is 7.03. The number of rotatable bonds is 3. The lowest BCUT2D eigenvalue weighted by molar-refractivity contribution is 0.195. The molecule has 3 aliphatic heterocycles. The van der Waals surface area contributed by atoms with E-state index in [1.807, 2.05) is 0 Å². The standard InChI is InChI=1S/C64H58BN3O2/c1-61(2,3)39-29-31-49-46(35-39)65-47-36-40(62(4,5)6)30-32-50(47)67(52-25-17-21-43-42-19-9-13-26-55(42)70-60(43)52)54-38-41(68-48-23-12-11-22-45(48)63(7)33-15-16-34-64(63,68)8)37-53(59(54)65)66(49)51-24-18-28-57-58(51)44-20-10-14-27-56(44)69-57/h9-14,17-32,35-38H,15-16,33-34H2,1-8H3. The molecule has 2 aromatic heterocycles. The van der Waals surface area contributed by atoms with Crippen LogP contribution in [0.15, 0.2) is 167 Å². The van der Waals surface area contributed by atoms with Crippen LogP contribution in [0.1, 0.15) is 97.8 Å². The van der Waals surface area contributed by atoms with Crippen molar-refractivity contribution in [1.29, 1.82) is 0 Å². The molecule has 0 amide bonds. The molecular formula is C64H58BN3O2. The zero-order chi connectivity index (χ0) is 47.6. The Kier molecular flexibility index (Phi) is 8.49. The number of benzene rings is 8. The number of fused-ring (bicyclic) bond motifs is 13. The van der Waals surface area contributed by atoms with Gasteiger partial charge in [-0.15, -0.1) is 0 Å². The van der Waals surface area contributed by atoms with Gasteiger partial charge in [0, 0.05) is 55.7 Å². The van der Waals surface area contributed by atoms with Gasteiger partial charge >= 0.3 is 0 Å². The van der Waals surface area contributed by atoms with Crippen molar-refractivity contribution in [3.05, 3.63) is 174 Å². The molecule has 1 aliphatic carbocycles. The topological polar surface area (TPSA) is 36.0 Å². The molecule has 344 valence electrons. The molecule has 1 fully saturated rings. The minimum atomic E-state index is -0.160. The van der Waals surface area contributed by atoms with E-state index < -0.39 is 0 Å². The molecule has 0 saturated heterocycles. The predicted molar refractivity (Wildman–Crippen MR) is 295 cm³/mol. The molecular weight excluding hydrogens is 854 g/mol. The Hall–Kier alpha value is -7.18. The summed E-state index contributed by atoms with van der Waals surface area (Å²) in [5.74, 6) is 0. The minimum Gasteiger partial charge on any atom is -0.456 e. The Morgan fingerprint density at radius 1 is 0.471 bits per heavy atom. The molecule has 2 atom stereocenters. The van der Waals surface area contributed by atoms with Crippen LogP contribution in [-0.2, 0) is 16.2 Å². The summed E-state index contributed by atoms with van der Waals surface area (Å²) in [6.45, 7) is 19.1. The first-order chi connectivity index (χ1) is 33.7. The van der Waals surface area contributed by atoms with Gasteiger partial charge in [0.15, 0.2) is 5.58 Å². The molecule has 10 aromatic rings. The van der Waals surface area contributed by atoms with Crippen molar-refractivity contribution < 1.29 is 8.83 Å². The number of nitrogens with zero attached hydrogens (tertiary/aromatic N) is 3. The van der Waals surface area contributed by atoms with Crippen molar-refractivity contribution in [3.63, 3.8) is 0 Å². The Morgan fingerprint density at radius 3 is 1.71 bits per heavy atom. The summed E-state index contributed by atoms with van der Waals surface area (Å²) in [7, 11) is 0. The van der Waals surface area contributed by atoms with E-state index in [0.717, 1.165) is 68.1 Å². The van der Waals surface area contributed by atoms with Gasteiger partial charge in [-0.3, -0.25) is 0 Å². The molecule has 4 aliphatic rings. The second kappa shape index (κ2) is 14.2. The maximum Gasteiger partial charge on any atom is 0.252 e. The second-order valence-corrected chi connectivity index (χ2v) is 23.2. The third-order valence-electron chi connectivity index (χ3n) is 17.3. The molecule has 5 heterocycles. The Balaban J connectivity index is 1.16. The highest BCUT2D eigenvalue weighted by Gasteiger charge is 2.58. The molecule has 0 bridgehead atoms. The molecule has 14 rings (SSSR count). The molecule has 2 unspecified atom stereocenters. The van der Waals surface area contributed by atoms with Gasteiger partial charge in [0.05, 0.1) is 22.3 Å². The van der Waals surface area contributed by atoms with Crippen LogP contribution in [0.4, 0.5) is 45.5 Å². The van der Waals surface area contributed by atoms with Gasteiger partial charge in [0.25, 0.3) is 6.71 Å². The maximum absolute atomic E-state index is 7.03. The summed E-state index contributed by atoms with van der Waals surface area (Å²) in [4.78, 5) is 7.93. The van der Waals surface area contributed by atoms with E-state index in [-0.39, 0.29) is 28.5 Å². The zero-order valence-electron chi connectivity index (χ0n) is 41.6. The van der Waals surface area contributed by atoms with E-state index in [2.05, 4.69) is 228 Å². The third-order valence-corrected chi connectivity index (χ3v) is 17.3. The first-order valence-electron chi connectivity index (χ1n) is 25.5. The number of anilines is 8. The van der Waals surface area contributed by atoms with Gasteiger partial charge in [0.2, 0.25) is 0 Å². The summed E-state index contributed by atoms with van der Waals surface area (Å²) in [6, 6.07) is 59.4. The van der Waals surface area contributed by atoms with E-state index in [9.17, 15) is 0 Å². The average molecular weight is 912 g/mol. The minimum absolute atomic E-state index is 0.0238. The molecule has 70 heavy (non-hydrogen) atoms. The lowest BCUT2D eigenvalue weighted by Gasteiger charge is -2.51. The fourth-order valence-electron chi connectivity index (χ4n) is 13.5. The molecule has 1 saturated carbocycles. The number of para-hydroxylation sites is 4. The predicted octanol–water partition coefficient (Wildman–Crippen LogP) is 15.9. The smallest absolute Gasteiger partial charge is 0.252 e. The van der Waals surface area contributed by atoms with Crippen LogP contribution in [0.5, 0.6) is 0 Å². The van der Waals surface area contributed by atoms with Gasteiger partial charge < -0.3 is 23.5 Å². The van der Waals surface area contributed by atoms with Crippen LogP contribution in [0, 0.1) is 0 Å². The highest BCUT2D eigenvalue weighted by molar-refractivity contribution is 7.00. The van der Waals surface area contributed by atoms with Crippen molar-refractivity contribution in [2.75, 3.05) is 14.7 Å². The Labute approximate surface area is 411 Å². The van der Waals surface area contributed by atoms with Crippen molar-refractivity contribution >= 4 is 112 Å². The van der Waals surface area contributed by atoms with E-state index in [1.54, 1.807) is 0 Å². The van der Waals surface area contributed by atoms with E-state index >= 15 is 0 Å². The van der Waals surface area contributed by atoms with Crippen LogP contribution in [-0.4, -0.2) is 12.3 Å². The van der Waals surface area contributed by atoms with Gasteiger partial charge in [-0.1, -0.05) is 158 Å². The number of hydrogen-bond acceptors (Lipinski definition) is 5. The molecule has 6 heteroatoms. The molecule has 8 aromatic carbocycles. The largest absolute Gasteiger partial charge is 0.456 e. The first kappa shape index (κ1) is 41.8. The highest BCUT2D eigenvalue weighted by Crippen LogP contribution is 2.62. The summed E-state index contributed by atoms with van der Waals surface area (Å²) >= 11 is 0. The first-order valence-corrected chi connectivity index (χ1v) is 25.5. The summed E-state index contributed by atoms with van der Waals surface area (Å²) in [5, 5.41) is 4.48. The average Bonchev–Trinajstić information content (AvgIpc) is 3.99. The van der Waals surface area contributed by atoms with Gasteiger partial charge in [-0.2, -0.15) is 0 Å². The molecule has 0 radical (unpaired) electrons. The summed E-state index contributed by atoms with van der Waals surface area (Å²) < 4.78 is 13.7. The monoisotopic (exact) mass is 911 g/mol. The summed E-state index contributed by atoms with van der Waals surface area (Å²) in [6.07, 6.45) is 4.70. The molecule has 0 spiro atoms. The fraction of sp³-hybridized carbons (Fsp3) is 0.250. The van der Waals surface area contributed by atoms with Crippen molar-refractivity contribution in [1.82, 2.24) is 0 Å². The van der Waals surface area contributed by atoms with Crippen molar-refractivity contribution in [2.45, 2.75) is 103 Å². The Bertz CT molecular complexity index is 3850. The highest BCUT2D eigenvalue weighted by atomic mass is 16.3. The zero-order valence-corrected chi connectivity index (χ0v) is 41.6. The second-order valence-electron chi connectivity index (χ2n) is 23.2. The van der Waals surface area contributed by atoms with Crippen LogP contribution in [0.2, 0.25) is 0 Å². The SMILES string of the molecule is CC(C)(C)c1ccc2c(c1)B1c3cc(C(C)(C)C)ccc3N(c3cccc4oc5ccccc5c34)c3cc(N4c5ccccc5C5(C)CCCCC45C)cc(c31)N2c1cccc2c1oc1ccccc12. The fourth-order valence-corrected chi connectivity index (χ4v) is 13.5. The van der Waals surface area contributed by atoms with E-state index in [0.29, 0.717) is 0 Å². The molecule has 0 N–H and O–H groups in total. The Morgan fingerprint density at radius 2 is 1.01 bits per heavy atom. The normalized spacial score (nSPS) is 19.5. The van der Waals surface area contributed by atoms with Crippen LogP contribution < -0.4 is 31.1 Å². The van der Waals surface area contributed by atoms with Crippen molar-refractivity contribution in [2.24, 2.45) is 0 Å². The van der Waals surface area contributed by atoms with Crippen molar-refractivity contribution in [3.8, 4) is 0 Å². The van der Waals surface area contributed by atoms with E-state index in [4.69, 9.17) is 8.83 Å². The quantitative estimate of drug-likeness (QED) is 0.165. The van der Waals surface area contributed by atoms with Crippen LogP contribution >= 0.6 is 0 Å². The lowest BCUT2D eigenvalue weighted by atomic mass is 9.33. The lowest BCUT2D eigenvalue weighted by Crippen LogP contribution is -2.62. The van der Waals surface area contributed by atoms with Crippen LogP contribution in [0.25, 0.3) is 43.9 Å². The molecule has 5 nitrogen and oxygen atoms in total. The number of hydrogen-bond donors (Lipinski definition) is 0. The van der Waals surface area contributed by atoms with Crippen LogP contribution in [0.3, 0.4) is 0 Å². The summed E-state index contributed by atoms with van der Waals surface area (Å²) in [5.41, 5.74) is 20.6. The van der Waals surface area contributed by atoms with E-state index in [1.165, 1.54) is 80.0 Å². The van der Waals surface area contributed by atoms with Gasteiger partial charge in [0.1, 0.15) is 16.7 Å². The third kappa shape index (κ3) is 5.56. The number of furan rings is 2. The van der Waals surface area contributed by atoms with Gasteiger partial charge in [-0.25, -0.2) is 0 Å².